The van der Waals surface area contributed by atoms with Crippen molar-refractivity contribution in [2.45, 2.75) is 51.9 Å². The standard InChI is InChI=1S/C19H23N/c1-14-11-12-20-18(13-14)19-15(2)7-6-10-17(19)16-8-4-3-5-9-16/h6-7,10-13,16H,3-5,8-9H2,1-2H3. The average Bonchev–Trinajstić information content (AvgIpc) is 2.48. The van der Waals surface area contributed by atoms with Gasteiger partial charge in [-0.25, -0.2) is 0 Å². The summed E-state index contributed by atoms with van der Waals surface area (Å²) in [5.41, 5.74) is 6.67. The molecule has 2 aromatic rings. The van der Waals surface area contributed by atoms with E-state index in [0.717, 1.165) is 11.6 Å². The third-order valence-corrected chi connectivity index (χ3v) is 4.52. The first-order chi connectivity index (χ1) is 9.75. The zero-order valence-electron chi connectivity index (χ0n) is 12.5. The minimum atomic E-state index is 0.723. The first-order valence-electron chi connectivity index (χ1n) is 7.78. The van der Waals surface area contributed by atoms with Crippen LogP contribution in [0.3, 0.4) is 0 Å². The van der Waals surface area contributed by atoms with E-state index in [1.54, 1.807) is 0 Å². The van der Waals surface area contributed by atoms with Crippen molar-refractivity contribution in [2.24, 2.45) is 0 Å². The Hall–Kier alpha value is -1.63. The van der Waals surface area contributed by atoms with Gasteiger partial charge in [-0.15, -0.1) is 0 Å². The summed E-state index contributed by atoms with van der Waals surface area (Å²) in [6, 6.07) is 11.0. The van der Waals surface area contributed by atoms with E-state index in [0.29, 0.717) is 0 Å². The summed E-state index contributed by atoms with van der Waals surface area (Å²) < 4.78 is 0. The highest BCUT2D eigenvalue weighted by Crippen LogP contribution is 2.39. The van der Waals surface area contributed by atoms with Gasteiger partial charge < -0.3 is 0 Å². The number of aromatic nitrogens is 1. The molecule has 0 N–H and O–H groups in total. The molecular weight excluding hydrogens is 242 g/mol. The number of rotatable bonds is 2. The van der Waals surface area contributed by atoms with Crippen molar-refractivity contribution in [3.8, 4) is 11.3 Å². The van der Waals surface area contributed by atoms with Crippen molar-refractivity contribution >= 4 is 0 Å². The highest BCUT2D eigenvalue weighted by Gasteiger charge is 2.20. The van der Waals surface area contributed by atoms with Gasteiger partial charge in [0.15, 0.2) is 0 Å². The van der Waals surface area contributed by atoms with Crippen molar-refractivity contribution in [3.63, 3.8) is 0 Å². The largest absolute Gasteiger partial charge is 0.256 e. The van der Waals surface area contributed by atoms with E-state index in [-0.39, 0.29) is 0 Å². The Morgan fingerprint density at radius 2 is 1.80 bits per heavy atom. The van der Waals surface area contributed by atoms with Crippen molar-refractivity contribution in [1.82, 2.24) is 4.98 Å². The molecular formula is C19H23N. The van der Waals surface area contributed by atoms with Gasteiger partial charge in [0.1, 0.15) is 0 Å². The lowest BCUT2D eigenvalue weighted by atomic mass is 9.80. The van der Waals surface area contributed by atoms with Gasteiger partial charge in [-0.1, -0.05) is 37.5 Å². The van der Waals surface area contributed by atoms with Gasteiger partial charge in [-0.2, -0.15) is 0 Å². The molecule has 1 fully saturated rings. The van der Waals surface area contributed by atoms with Crippen molar-refractivity contribution in [2.75, 3.05) is 0 Å². The first-order valence-corrected chi connectivity index (χ1v) is 7.78. The molecule has 1 aromatic heterocycles. The number of nitrogens with zero attached hydrogens (tertiary/aromatic N) is 1. The van der Waals surface area contributed by atoms with Gasteiger partial charge in [0.25, 0.3) is 0 Å². The summed E-state index contributed by atoms with van der Waals surface area (Å²) in [6.45, 7) is 4.36. The van der Waals surface area contributed by atoms with Crippen LogP contribution in [-0.4, -0.2) is 4.98 Å². The van der Waals surface area contributed by atoms with Crippen LogP contribution in [0.2, 0.25) is 0 Å². The van der Waals surface area contributed by atoms with Gasteiger partial charge in [-0.05, 0) is 61.4 Å². The second kappa shape index (κ2) is 5.78. The van der Waals surface area contributed by atoms with Crippen LogP contribution in [0.4, 0.5) is 0 Å². The fourth-order valence-electron chi connectivity index (χ4n) is 3.47. The molecule has 0 amide bonds. The van der Waals surface area contributed by atoms with E-state index in [9.17, 15) is 0 Å². The molecule has 3 rings (SSSR count). The van der Waals surface area contributed by atoms with Crippen molar-refractivity contribution in [1.29, 1.82) is 0 Å². The molecule has 0 spiro atoms. The van der Waals surface area contributed by atoms with Crippen LogP contribution >= 0.6 is 0 Å². The Balaban J connectivity index is 2.09. The monoisotopic (exact) mass is 265 g/mol. The molecule has 1 aromatic carbocycles. The molecule has 104 valence electrons. The lowest BCUT2D eigenvalue weighted by Gasteiger charge is -2.25. The highest BCUT2D eigenvalue weighted by molar-refractivity contribution is 5.69. The molecule has 0 radical (unpaired) electrons. The SMILES string of the molecule is Cc1ccnc(-c2c(C)cccc2C2CCCCC2)c1. The normalized spacial score (nSPS) is 16.3. The van der Waals surface area contributed by atoms with Gasteiger partial charge in [-0.3, -0.25) is 4.98 Å². The van der Waals surface area contributed by atoms with Gasteiger partial charge >= 0.3 is 0 Å². The Bertz CT molecular complexity index is 594. The maximum Gasteiger partial charge on any atom is 0.0710 e. The van der Waals surface area contributed by atoms with E-state index in [1.807, 2.05) is 6.20 Å². The maximum absolute atomic E-state index is 4.63. The quantitative estimate of drug-likeness (QED) is 0.707. The molecule has 0 unspecified atom stereocenters. The molecule has 0 bridgehead atoms. The van der Waals surface area contributed by atoms with Crippen LogP contribution in [0.5, 0.6) is 0 Å². The Morgan fingerprint density at radius 1 is 1.00 bits per heavy atom. The smallest absolute Gasteiger partial charge is 0.0710 e. The summed E-state index contributed by atoms with van der Waals surface area (Å²) in [5.74, 6) is 0.723. The van der Waals surface area contributed by atoms with Crippen LogP contribution in [-0.2, 0) is 0 Å². The molecule has 1 aliphatic carbocycles. The topological polar surface area (TPSA) is 12.9 Å². The predicted octanol–water partition coefficient (Wildman–Crippen LogP) is 5.41. The van der Waals surface area contributed by atoms with E-state index >= 15 is 0 Å². The number of pyridine rings is 1. The average molecular weight is 265 g/mol. The fraction of sp³-hybridized carbons (Fsp3) is 0.421. The van der Waals surface area contributed by atoms with Crippen molar-refractivity contribution in [3.05, 3.63) is 53.2 Å². The van der Waals surface area contributed by atoms with Crippen LogP contribution in [0.15, 0.2) is 36.5 Å². The Morgan fingerprint density at radius 3 is 2.55 bits per heavy atom. The summed E-state index contributed by atoms with van der Waals surface area (Å²) in [5, 5.41) is 0. The van der Waals surface area contributed by atoms with Crippen LogP contribution in [0, 0.1) is 13.8 Å². The Kier molecular flexibility index (Phi) is 3.86. The summed E-state index contributed by atoms with van der Waals surface area (Å²) in [7, 11) is 0. The molecule has 1 heterocycles. The molecule has 0 atom stereocenters. The number of benzene rings is 1. The molecule has 20 heavy (non-hydrogen) atoms. The third kappa shape index (κ3) is 2.63. The van der Waals surface area contributed by atoms with Gasteiger partial charge in [0.2, 0.25) is 0 Å². The van der Waals surface area contributed by atoms with Crippen LogP contribution in [0.25, 0.3) is 11.3 Å². The second-order valence-electron chi connectivity index (χ2n) is 6.09. The van der Waals surface area contributed by atoms with E-state index in [4.69, 9.17) is 0 Å². The summed E-state index contributed by atoms with van der Waals surface area (Å²) >= 11 is 0. The molecule has 1 saturated carbocycles. The van der Waals surface area contributed by atoms with Crippen LogP contribution < -0.4 is 0 Å². The Labute approximate surface area is 122 Å². The summed E-state index contributed by atoms with van der Waals surface area (Å²) in [6.07, 6.45) is 8.76. The zero-order valence-corrected chi connectivity index (χ0v) is 12.5. The third-order valence-electron chi connectivity index (χ3n) is 4.52. The fourth-order valence-corrected chi connectivity index (χ4v) is 3.47. The molecule has 1 nitrogen and oxygen atoms in total. The lowest BCUT2D eigenvalue weighted by Crippen LogP contribution is -2.07. The van der Waals surface area contributed by atoms with E-state index in [2.05, 4.69) is 49.2 Å². The first kappa shape index (κ1) is 13.4. The number of aryl methyl sites for hydroxylation is 2. The zero-order chi connectivity index (χ0) is 13.9. The van der Waals surface area contributed by atoms with Gasteiger partial charge in [0, 0.05) is 11.8 Å². The van der Waals surface area contributed by atoms with E-state index in [1.165, 1.54) is 54.4 Å². The van der Waals surface area contributed by atoms with Crippen molar-refractivity contribution < 1.29 is 0 Å². The molecule has 0 aliphatic heterocycles. The summed E-state index contributed by atoms with van der Waals surface area (Å²) in [4.78, 5) is 4.63. The lowest BCUT2D eigenvalue weighted by molar-refractivity contribution is 0.444. The maximum atomic E-state index is 4.63. The number of hydrogen-bond acceptors (Lipinski definition) is 1. The minimum Gasteiger partial charge on any atom is -0.256 e. The minimum absolute atomic E-state index is 0.723. The highest BCUT2D eigenvalue weighted by atomic mass is 14.7. The molecule has 1 heteroatoms. The second-order valence-corrected chi connectivity index (χ2v) is 6.09. The van der Waals surface area contributed by atoms with Crippen LogP contribution in [0.1, 0.15) is 54.7 Å². The number of hydrogen-bond donors (Lipinski definition) is 0. The molecule has 0 saturated heterocycles. The van der Waals surface area contributed by atoms with E-state index < -0.39 is 0 Å². The predicted molar refractivity (Wildman–Crippen MR) is 85.0 cm³/mol. The van der Waals surface area contributed by atoms with Gasteiger partial charge in [0.05, 0.1) is 5.69 Å². The molecule has 1 aliphatic rings.